The molecule has 4 nitrogen and oxygen atoms in total. The van der Waals surface area contributed by atoms with Gasteiger partial charge in [0.1, 0.15) is 0 Å². The first kappa shape index (κ1) is 13.7. The number of hydrogen-bond acceptors (Lipinski definition) is 4. The van der Waals surface area contributed by atoms with E-state index in [9.17, 15) is 10.2 Å². The molecule has 0 spiro atoms. The van der Waals surface area contributed by atoms with E-state index in [1.165, 1.54) is 38.2 Å². The van der Waals surface area contributed by atoms with Crippen LogP contribution in [0.2, 0.25) is 0 Å². The van der Waals surface area contributed by atoms with Gasteiger partial charge in [0.2, 0.25) is 0 Å². The molecule has 1 aromatic carbocycles. The van der Waals surface area contributed by atoms with Gasteiger partial charge in [-0.05, 0) is 38.8 Å². The van der Waals surface area contributed by atoms with Crippen molar-refractivity contribution in [3.63, 3.8) is 0 Å². The number of fused-ring (bicyclic) bond motifs is 2. The lowest BCUT2D eigenvalue weighted by atomic mass is 9.82. The standard InChI is InChI=1S/C16H24N2O2/c1-18-13-5-3-6-14(18)9-12(8-13)17-10-11-4-2-7-15(19)16(11)20/h2,4,7,12-14,17,19-20H,3,5-6,8-10H2,1H3. The largest absolute Gasteiger partial charge is 0.504 e. The monoisotopic (exact) mass is 276 g/mol. The van der Waals surface area contributed by atoms with Crippen molar-refractivity contribution in [3.05, 3.63) is 23.8 Å². The van der Waals surface area contributed by atoms with Gasteiger partial charge in [-0.3, -0.25) is 0 Å². The first-order chi connectivity index (χ1) is 9.65. The Kier molecular flexibility index (Phi) is 3.85. The molecule has 2 aliphatic rings. The molecule has 110 valence electrons. The molecule has 2 fully saturated rings. The van der Waals surface area contributed by atoms with Crippen LogP contribution in [0.1, 0.15) is 37.7 Å². The van der Waals surface area contributed by atoms with E-state index in [0.29, 0.717) is 24.7 Å². The van der Waals surface area contributed by atoms with Crippen molar-refractivity contribution in [2.24, 2.45) is 0 Å². The van der Waals surface area contributed by atoms with Gasteiger partial charge >= 0.3 is 0 Å². The highest BCUT2D eigenvalue weighted by atomic mass is 16.3. The molecule has 3 rings (SSSR count). The number of phenols is 2. The van der Waals surface area contributed by atoms with Gasteiger partial charge < -0.3 is 20.4 Å². The summed E-state index contributed by atoms with van der Waals surface area (Å²) >= 11 is 0. The van der Waals surface area contributed by atoms with Gasteiger partial charge in [-0.25, -0.2) is 0 Å². The molecule has 2 unspecified atom stereocenters. The topological polar surface area (TPSA) is 55.7 Å². The average molecular weight is 276 g/mol. The summed E-state index contributed by atoms with van der Waals surface area (Å²) in [6.07, 6.45) is 6.35. The van der Waals surface area contributed by atoms with Crippen molar-refractivity contribution in [3.8, 4) is 11.5 Å². The van der Waals surface area contributed by atoms with Gasteiger partial charge in [0.25, 0.3) is 0 Å². The van der Waals surface area contributed by atoms with Gasteiger partial charge in [0, 0.05) is 30.2 Å². The molecular weight excluding hydrogens is 252 g/mol. The first-order valence-electron chi connectivity index (χ1n) is 7.60. The first-order valence-corrected chi connectivity index (χ1v) is 7.60. The number of aromatic hydroxyl groups is 2. The van der Waals surface area contributed by atoms with Crippen molar-refractivity contribution >= 4 is 0 Å². The van der Waals surface area contributed by atoms with E-state index in [4.69, 9.17) is 0 Å². The van der Waals surface area contributed by atoms with E-state index in [1.807, 2.05) is 6.07 Å². The molecular formula is C16H24N2O2. The molecule has 2 bridgehead atoms. The van der Waals surface area contributed by atoms with Crippen LogP contribution >= 0.6 is 0 Å². The summed E-state index contributed by atoms with van der Waals surface area (Å²) in [5.41, 5.74) is 0.772. The van der Waals surface area contributed by atoms with Crippen molar-refractivity contribution in [1.29, 1.82) is 0 Å². The number of benzene rings is 1. The molecule has 2 aliphatic heterocycles. The fourth-order valence-corrected chi connectivity index (χ4v) is 3.76. The molecule has 2 saturated heterocycles. The van der Waals surface area contributed by atoms with Gasteiger partial charge in [0.15, 0.2) is 11.5 Å². The van der Waals surface area contributed by atoms with E-state index in [0.717, 1.165) is 5.56 Å². The summed E-state index contributed by atoms with van der Waals surface area (Å²) in [7, 11) is 2.26. The molecule has 2 atom stereocenters. The number of nitrogens with one attached hydrogen (secondary N) is 1. The SMILES string of the molecule is CN1C2CCCC1CC(NCc1cccc(O)c1O)C2. The van der Waals surface area contributed by atoms with Crippen molar-refractivity contribution in [1.82, 2.24) is 10.2 Å². The van der Waals surface area contributed by atoms with E-state index >= 15 is 0 Å². The van der Waals surface area contributed by atoms with Gasteiger partial charge in [-0.15, -0.1) is 0 Å². The normalized spacial score (nSPS) is 30.4. The van der Waals surface area contributed by atoms with Crippen LogP contribution < -0.4 is 5.32 Å². The number of phenolic OH excluding ortho intramolecular Hbond substituents is 2. The van der Waals surface area contributed by atoms with E-state index < -0.39 is 0 Å². The van der Waals surface area contributed by atoms with E-state index in [2.05, 4.69) is 17.3 Å². The maximum atomic E-state index is 9.83. The smallest absolute Gasteiger partial charge is 0.161 e. The van der Waals surface area contributed by atoms with E-state index in [-0.39, 0.29) is 11.5 Å². The Bertz CT molecular complexity index is 464. The van der Waals surface area contributed by atoms with Crippen LogP contribution in [0, 0.1) is 0 Å². The highest BCUT2D eigenvalue weighted by molar-refractivity contribution is 5.44. The minimum absolute atomic E-state index is 0.00752. The quantitative estimate of drug-likeness (QED) is 0.741. The summed E-state index contributed by atoms with van der Waals surface area (Å²) in [5.74, 6) is -0.0299. The maximum Gasteiger partial charge on any atom is 0.161 e. The van der Waals surface area contributed by atoms with Crippen LogP contribution in [0.15, 0.2) is 18.2 Å². The molecule has 4 heteroatoms. The zero-order chi connectivity index (χ0) is 14.1. The summed E-state index contributed by atoms with van der Waals surface area (Å²) < 4.78 is 0. The molecule has 0 aliphatic carbocycles. The van der Waals surface area contributed by atoms with Crippen molar-refractivity contribution in [2.45, 2.75) is 56.8 Å². The average Bonchev–Trinajstić information content (AvgIpc) is 2.41. The molecule has 0 saturated carbocycles. The summed E-state index contributed by atoms with van der Waals surface area (Å²) in [6.45, 7) is 0.619. The minimum atomic E-state index is -0.0375. The number of piperidine rings is 2. The third-order valence-electron chi connectivity index (χ3n) is 5.02. The second-order valence-electron chi connectivity index (χ2n) is 6.24. The lowest BCUT2D eigenvalue weighted by molar-refractivity contribution is 0.0482. The fraction of sp³-hybridized carbons (Fsp3) is 0.625. The van der Waals surface area contributed by atoms with Crippen LogP contribution in [0.4, 0.5) is 0 Å². The predicted molar refractivity (Wildman–Crippen MR) is 78.8 cm³/mol. The van der Waals surface area contributed by atoms with Crippen molar-refractivity contribution in [2.75, 3.05) is 7.05 Å². The third kappa shape index (κ3) is 2.63. The van der Waals surface area contributed by atoms with Gasteiger partial charge in [-0.2, -0.15) is 0 Å². The fourth-order valence-electron chi connectivity index (χ4n) is 3.76. The van der Waals surface area contributed by atoms with Crippen LogP contribution in [0.25, 0.3) is 0 Å². The van der Waals surface area contributed by atoms with Crippen LogP contribution in [-0.2, 0) is 6.54 Å². The summed E-state index contributed by atoms with van der Waals surface area (Å²) in [6, 6.07) is 7.07. The zero-order valence-electron chi connectivity index (χ0n) is 12.0. The molecule has 20 heavy (non-hydrogen) atoms. The number of para-hydroxylation sites is 1. The zero-order valence-corrected chi connectivity index (χ0v) is 12.0. The Morgan fingerprint density at radius 2 is 1.90 bits per heavy atom. The Balaban J connectivity index is 1.60. The molecule has 0 radical (unpaired) electrons. The van der Waals surface area contributed by atoms with Crippen LogP contribution in [-0.4, -0.2) is 40.3 Å². The molecule has 3 N–H and O–H groups in total. The second-order valence-corrected chi connectivity index (χ2v) is 6.24. The maximum absolute atomic E-state index is 9.83. The Morgan fingerprint density at radius 1 is 1.20 bits per heavy atom. The number of rotatable bonds is 3. The van der Waals surface area contributed by atoms with Gasteiger partial charge in [-0.1, -0.05) is 18.6 Å². The van der Waals surface area contributed by atoms with Crippen molar-refractivity contribution < 1.29 is 10.2 Å². The predicted octanol–water partition coefficient (Wildman–Crippen LogP) is 2.20. The third-order valence-corrected chi connectivity index (χ3v) is 5.02. The van der Waals surface area contributed by atoms with Crippen LogP contribution in [0.5, 0.6) is 11.5 Å². The Hall–Kier alpha value is -1.26. The molecule has 0 amide bonds. The van der Waals surface area contributed by atoms with Crippen LogP contribution in [0.3, 0.4) is 0 Å². The van der Waals surface area contributed by atoms with E-state index in [1.54, 1.807) is 6.07 Å². The minimum Gasteiger partial charge on any atom is -0.504 e. The van der Waals surface area contributed by atoms with Gasteiger partial charge in [0.05, 0.1) is 0 Å². The molecule has 0 aromatic heterocycles. The summed E-state index contributed by atoms with van der Waals surface area (Å²) in [5, 5.41) is 22.9. The lowest BCUT2D eigenvalue weighted by Gasteiger charge is -2.47. The molecule has 1 aromatic rings. The highest BCUT2D eigenvalue weighted by Crippen LogP contribution is 2.33. The second kappa shape index (κ2) is 5.62. The molecule has 2 heterocycles. The number of hydrogen-bond donors (Lipinski definition) is 3. The Morgan fingerprint density at radius 3 is 2.60 bits per heavy atom. The highest BCUT2D eigenvalue weighted by Gasteiger charge is 2.35. The Labute approximate surface area is 120 Å². The number of nitrogens with zero attached hydrogens (tertiary/aromatic N) is 1. The lowest BCUT2D eigenvalue weighted by Crippen LogP contribution is -2.54. The summed E-state index contributed by atoms with van der Waals surface area (Å²) in [4.78, 5) is 2.55.